The van der Waals surface area contributed by atoms with Crippen LogP contribution in [0, 0.1) is 17.0 Å². The van der Waals surface area contributed by atoms with Crippen molar-refractivity contribution in [3.05, 3.63) is 75.6 Å². The van der Waals surface area contributed by atoms with Gasteiger partial charge in [-0.1, -0.05) is 6.07 Å². The summed E-state index contributed by atoms with van der Waals surface area (Å²) in [6.45, 7) is 1.71. The van der Waals surface area contributed by atoms with Crippen LogP contribution in [0.15, 0.2) is 60.0 Å². The number of hydrogen-bond acceptors (Lipinski definition) is 8. The molecule has 0 spiro atoms. The van der Waals surface area contributed by atoms with Gasteiger partial charge in [-0.25, -0.2) is 4.98 Å². The van der Waals surface area contributed by atoms with E-state index in [1.54, 1.807) is 51.1 Å². The van der Waals surface area contributed by atoms with Crippen molar-refractivity contribution in [3.8, 4) is 5.69 Å². The maximum Gasteiger partial charge on any atom is 0.274 e. The molecule has 1 atom stereocenters. The molecule has 0 bridgehead atoms. The molecule has 4 rings (SSSR count). The van der Waals surface area contributed by atoms with Crippen LogP contribution in [0.4, 0.5) is 11.6 Å². The third kappa shape index (κ3) is 3.87. The zero-order valence-electron chi connectivity index (χ0n) is 18.2. The molecule has 0 amide bonds. The highest BCUT2D eigenvalue weighted by Gasteiger charge is 2.26. The van der Waals surface area contributed by atoms with Crippen LogP contribution in [-0.2, 0) is 14.2 Å². The summed E-state index contributed by atoms with van der Waals surface area (Å²) in [5.41, 5.74) is 2.73. The summed E-state index contributed by atoms with van der Waals surface area (Å²) in [4.78, 5) is 20.0. The fraction of sp³-hybridized carbons (Fsp3) is 0.273. The standard InChI is InChI=1S/C22H23N5O5/c1-13-5-6-16(11-17(13)27(28)29)26-8-7-14-12-23-22(25-21(14)26)24-15-9-18(30-2)20(32-4)19(10-15)31-3/h5-9,11-12,19H,10H2,1-4H3,(H,23,24,25). The largest absolute Gasteiger partial charge is 0.494 e. The highest BCUT2D eigenvalue weighted by molar-refractivity contribution is 5.78. The van der Waals surface area contributed by atoms with Crippen LogP contribution >= 0.6 is 0 Å². The number of allylic oxidation sites excluding steroid dienone is 1. The minimum atomic E-state index is -0.385. The molecule has 10 heteroatoms. The van der Waals surface area contributed by atoms with Gasteiger partial charge in [0, 0.05) is 54.7 Å². The van der Waals surface area contributed by atoms with Gasteiger partial charge in [0.05, 0.1) is 24.8 Å². The molecule has 0 aliphatic heterocycles. The molecular weight excluding hydrogens is 414 g/mol. The molecule has 2 heterocycles. The molecule has 10 nitrogen and oxygen atoms in total. The summed E-state index contributed by atoms with van der Waals surface area (Å²) in [5, 5.41) is 15.4. The van der Waals surface area contributed by atoms with E-state index < -0.39 is 0 Å². The van der Waals surface area contributed by atoms with Crippen molar-refractivity contribution in [2.75, 3.05) is 26.6 Å². The summed E-state index contributed by atoms with van der Waals surface area (Å²) in [6, 6.07) is 6.95. The number of nitrogens with zero attached hydrogens (tertiary/aromatic N) is 4. The van der Waals surface area contributed by atoms with Crippen LogP contribution < -0.4 is 5.32 Å². The Morgan fingerprint density at radius 1 is 1.22 bits per heavy atom. The molecule has 1 aromatic carbocycles. The van der Waals surface area contributed by atoms with Crippen molar-refractivity contribution >= 4 is 22.7 Å². The second kappa shape index (κ2) is 8.67. The van der Waals surface area contributed by atoms with Gasteiger partial charge in [-0.15, -0.1) is 0 Å². The van der Waals surface area contributed by atoms with E-state index in [9.17, 15) is 10.1 Å². The molecule has 0 saturated heterocycles. The van der Waals surface area contributed by atoms with Crippen molar-refractivity contribution < 1.29 is 19.1 Å². The average Bonchev–Trinajstić information content (AvgIpc) is 3.21. The Hall–Kier alpha value is -3.92. The highest BCUT2D eigenvalue weighted by Crippen LogP contribution is 2.29. The topological polar surface area (TPSA) is 114 Å². The fourth-order valence-electron chi connectivity index (χ4n) is 3.68. The molecule has 1 aliphatic rings. The van der Waals surface area contributed by atoms with Gasteiger partial charge >= 0.3 is 0 Å². The normalized spacial score (nSPS) is 16.1. The second-order valence-electron chi connectivity index (χ2n) is 7.25. The first-order valence-electron chi connectivity index (χ1n) is 9.87. The third-order valence-corrected chi connectivity index (χ3v) is 5.34. The summed E-state index contributed by atoms with van der Waals surface area (Å²) in [5.74, 6) is 1.56. The molecule has 1 aliphatic carbocycles. The van der Waals surface area contributed by atoms with Gasteiger partial charge in [0.2, 0.25) is 5.95 Å². The minimum absolute atomic E-state index is 0.0579. The van der Waals surface area contributed by atoms with E-state index in [-0.39, 0.29) is 16.7 Å². The lowest BCUT2D eigenvalue weighted by atomic mass is 10.0. The smallest absolute Gasteiger partial charge is 0.274 e. The van der Waals surface area contributed by atoms with Gasteiger partial charge in [0.1, 0.15) is 11.8 Å². The van der Waals surface area contributed by atoms with E-state index in [1.165, 1.54) is 0 Å². The first kappa shape index (κ1) is 21.3. The highest BCUT2D eigenvalue weighted by atomic mass is 16.6. The van der Waals surface area contributed by atoms with Crippen molar-refractivity contribution in [1.82, 2.24) is 14.5 Å². The number of nitro benzene ring substituents is 1. The Kier molecular flexibility index (Phi) is 5.78. The Labute approximate surface area is 184 Å². The lowest BCUT2D eigenvalue weighted by Gasteiger charge is -2.25. The number of rotatable bonds is 7. The number of nitrogens with one attached hydrogen (secondary N) is 1. The van der Waals surface area contributed by atoms with Crippen molar-refractivity contribution in [1.29, 1.82) is 0 Å². The number of methoxy groups -OCH3 is 3. The molecule has 0 radical (unpaired) electrons. The van der Waals surface area contributed by atoms with E-state index in [0.717, 1.165) is 11.1 Å². The van der Waals surface area contributed by atoms with Gasteiger partial charge in [0.25, 0.3) is 5.69 Å². The summed E-state index contributed by atoms with van der Waals surface area (Å²) in [7, 11) is 4.75. The first-order valence-corrected chi connectivity index (χ1v) is 9.87. The molecule has 2 aromatic heterocycles. The molecule has 166 valence electrons. The van der Waals surface area contributed by atoms with Crippen LogP contribution in [0.2, 0.25) is 0 Å². The predicted octanol–water partition coefficient (Wildman–Crippen LogP) is 3.86. The fourth-order valence-corrected chi connectivity index (χ4v) is 3.68. The molecule has 32 heavy (non-hydrogen) atoms. The number of aryl methyl sites for hydroxylation is 1. The maximum absolute atomic E-state index is 11.4. The van der Waals surface area contributed by atoms with Crippen LogP contribution in [0.5, 0.6) is 0 Å². The Morgan fingerprint density at radius 3 is 2.72 bits per heavy atom. The molecular formula is C22H23N5O5. The van der Waals surface area contributed by atoms with Crippen LogP contribution in [0.3, 0.4) is 0 Å². The number of aromatic nitrogens is 3. The molecule has 1 N–H and O–H groups in total. The van der Waals surface area contributed by atoms with E-state index in [1.807, 2.05) is 24.4 Å². The minimum Gasteiger partial charge on any atom is -0.494 e. The monoisotopic (exact) mass is 437 g/mol. The Bertz CT molecular complexity index is 1250. The number of fused-ring (bicyclic) bond motifs is 1. The number of benzene rings is 1. The Morgan fingerprint density at radius 2 is 2.03 bits per heavy atom. The van der Waals surface area contributed by atoms with Gasteiger partial charge in [-0.05, 0) is 19.1 Å². The summed E-state index contributed by atoms with van der Waals surface area (Å²) in [6.07, 6.45) is 5.57. The first-order chi connectivity index (χ1) is 15.4. The van der Waals surface area contributed by atoms with Gasteiger partial charge < -0.3 is 24.1 Å². The SMILES string of the molecule is COC1=C(OC)C(OC)CC(Nc2ncc3ccn(-c4ccc(C)c([N+](=O)[O-])c4)c3n2)=C1. The van der Waals surface area contributed by atoms with E-state index in [0.29, 0.717) is 40.8 Å². The predicted molar refractivity (Wildman–Crippen MR) is 118 cm³/mol. The summed E-state index contributed by atoms with van der Waals surface area (Å²) < 4.78 is 18.2. The van der Waals surface area contributed by atoms with E-state index >= 15 is 0 Å². The van der Waals surface area contributed by atoms with Crippen molar-refractivity contribution in [2.45, 2.75) is 19.4 Å². The van der Waals surface area contributed by atoms with Gasteiger partial charge in [-0.2, -0.15) is 4.98 Å². The van der Waals surface area contributed by atoms with Crippen LogP contribution in [0.1, 0.15) is 12.0 Å². The van der Waals surface area contributed by atoms with Crippen LogP contribution in [0.25, 0.3) is 16.7 Å². The lowest BCUT2D eigenvalue weighted by molar-refractivity contribution is -0.385. The van der Waals surface area contributed by atoms with E-state index in [4.69, 9.17) is 14.2 Å². The maximum atomic E-state index is 11.4. The average molecular weight is 437 g/mol. The zero-order chi connectivity index (χ0) is 22.8. The van der Waals surface area contributed by atoms with Crippen molar-refractivity contribution in [2.24, 2.45) is 0 Å². The molecule has 1 unspecified atom stereocenters. The summed E-state index contributed by atoms with van der Waals surface area (Å²) >= 11 is 0. The number of anilines is 1. The number of nitro groups is 1. The third-order valence-electron chi connectivity index (χ3n) is 5.34. The zero-order valence-corrected chi connectivity index (χ0v) is 18.2. The molecule has 0 fully saturated rings. The van der Waals surface area contributed by atoms with E-state index in [2.05, 4.69) is 15.3 Å². The van der Waals surface area contributed by atoms with Gasteiger partial charge in [-0.3, -0.25) is 10.1 Å². The van der Waals surface area contributed by atoms with Crippen LogP contribution in [-0.4, -0.2) is 46.9 Å². The van der Waals surface area contributed by atoms with Gasteiger partial charge in [0.15, 0.2) is 11.5 Å². The number of hydrogen-bond donors (Lipinski definition) is 1. The Balaban J connectivity index is 1.70. The molecule has 0 saturated carbocycles. The number of ether oxygens (including phenoxy) is 3. The second-order valence-corrected chi connectivity index (χ2v) is 7.25. The van der Waals surface area contributed by atoms with Crippen molar-refractivity contribution in [3.63, 3.8) is 0 Å². The molecule has 3 aromatic rings. The quantitative estimate of drug-likeness (QED) is 0.438. The lowest BCUT2D eigenvalue weighted by Crippen LogP contribution is -2.24.